The third kappa shape index (κ3) is 4.11. The molecule has 1 aromatic carbocycles. The van der Waals surface area contributed by atoms with Crippen LogP contribution in [-0.4, -0.2) is 49.6 Å². The van der Waals surface area contributed by atoms with Crippen molar-refractivity contribution < 1.29 is 24.2 Å². The molecule has 0 saturated carbocycles. The SMILES string of the molecule is O=C(O)CN1CCn2c(nc(C(=O)NCc3ccc(F)cc3)c(O)c2=O)C1. The van der Waals surface area contributed by atoms with Crippen molar-refractivity contribution in [3.63, 3.8) is 0 Å². The molecule has 0 fully saturated rings. The van der Waals surface area contributed by atoms with Crippen LogP contribution in [0.5, 0.6) is 5.75 Å². The van der Waals surface area contributed by atoms with Crippen LogP contribution in [0.15, 0.2) is 29.1 Å². The topological polar surface area (TPSA) is 125 Å². The van der Waals surface area contributed by atoms with E-state index in [-0.39, 0.29) is 32.0 Å². The first kappa shape index (κ1) is 18.5. The molecule has 0 aliphatic carbocycles. The van der Waals surface area contributed by atoms with E-state index < -0.39 is 34.7 Å². The lowest BCUT2D eigenvalue weighted by Crippen LogP contribution is -2.43. The second-order valence-corrected chi connectivity index (χ2v) is 6.10. The van der Waals surface area contributed by atoms with E-state index in [9.17, 15) is 23.9 Å². The Balaban J connectivity index is 1.80. The van der Waals surface area contributed by atoms with Gasteiger partial charge in [-0.15, -0.1) is 0 Å². The number of aromatic hydroxyl groups is 1. The summed E-state index contributed by atoms with van der Waals surface area (Å²) in [6.45, 7) is 0.391. The van der Waals surface area contributed by atoms with Gasteiger partial charge in [0.15, 0.2) is 5.69 Å². The molecule has 142 valence electrons. The number of carboxylic acid groups (broad SMARTS) is 1. The lowest BCUT2D eigenvalue weighted by atomic mass is 10.2. The molecule has 10 heteroatoms. The first-order valence-electron chi connectivity index (χ1n) is 8.14. The third-order valence-corrected chi connectivity index (χ3v) is 4.17. The van der Waals surface area contributed by atoms with Crippen LogP contribution in [0.2, 0.25) is 0 Å². The van der Waals surface area contributed by atoms with Gasteiger partial charge in [-0.3, -0.25) is 23.9 Å². The van der Waals surface area contributed by atoms with Gasteiger partial charge in [0.05, 0.1) is 13.1 Å². The summed E-state index contributed by atoms with van der Waals surface area (Å²) in [4.78, 5) is 41.1. The summed E-state index contributed by atoms with van der Waals surface area (Å²) in [5.41, 5.74) is -0.543. The number of carbonyl (C=O) groups is 2. The molecular formula is C17H17FN4O5. The van der Waals surface area contributed by atoms with E-state index in [1.165, 1.54) is 28.8 Å². The standard InChI is InChI=1S/C17H17FN4O5/c18-11-3-1-10(2-4-11)7-19-16(26)14-15(25)17(27)22-6-5-21(9-13(23)24)8-12(22)20-14/h1-4,25H,5-9H2,(H,19,26)(H,23,24). The monoisotopic (exact) mass is 376 g/mol. The van der Waals surface area contributed by atoms with E-state index in [4.69, 9.17) is 5.11 Å². The molecule has 0 radical (unpaired) electrons. The molecule has 3 rings (SSSR count). The fourth-order valence-corrected chi connectivity index (χ4v) is 2.81. The van der Waals surface area contributed by atoms with Crippen LogP contribution in [0, 0.1) is 5.82 Å². The van der Waals surface area contributed by atoms with Crippen molar-refractivity contribution in [1.82, 2.24) is 19.8 Å². The average Bonchev–Trinajstić information content (AvgIpc) is 2.63. The Morgan fingerprint density at radius 3 is 2.59 bits per heavy atom. The molecule has 27 heavy (non-hydrogen) atoms. The number of rotatable bonds is 5. The molecule has 3 N–H and O–H groups in total. The zero-order valence-electron chi connectivity index (χ0n) is 14.2. The number of aliphatic carboxylic acids is 1. The number of halogens is 1. The summed E-state index contributed by atoms with van der Waals surface area (Å²) in [7, 11) is 0. The number of carbonyl (C=O) groups excluding carboxylic acids is 1. The van der Waals surface area contributed by atoms with Crippen LogP contribution in [0.25, 0.3) is 0 Å². The van der Waals surface area contributed by atoms with Crippen LogP contribution < -0.4 is 10.9 Å². The minimum absolute atomic E-state index is 0.0593. The zero-order valence-corrected chi connectivity index (χ0v) is 14.2. The molecule has 0 spiro atoms. The maximum Gasteiger partial charge on any atom is 0.317 e. The number of benzene rings is 1. The van der Waals surface area contributed by atoms with E-state index in [2.05, 4.69) is 10.3 Å². The van der Waals surface area contributed by atoms with E-state index >= 15 is 0 Å². The Labute approximate surface area is 152 Å². The minimum Gasteiger partial charge on any atom is -0.501 e. The molecule has 1 aliphatic rings. The summed E-state index contributed by atoms with van der Waals surface area (Å²) in [6.07, 6.45) is 0. The van der Waals surface area contributed by atoms with Gasteiger partial charge >= 0.3 is 5.97 Å². The second kappa shape index (κ2) is 7.54. The molecule has 2 aromatic rings. The molecule has 1 amide bonds. The van der Waals surface area contributed by atoms with Gasteiger partial charge in [0, 0.05) is 19.6 Å². The zero-order chi connectivity index (χ0) is 19.6. The van der Waals surface area contributed by atoms with Crippen molar-refractivity contribution in [1.29, 1.82) is 0 Å². The van der Waals surface area contributed by atoms with Gasteiger partial charge in [0.1, 0.15) is 11.6 Å². The second-order valence-electron chi connectivity index (χ2n) is 6.10. The number of aromatic nitrogens is 2. The summed E-state index contributed by atoms with van der Waals surface area (Å²) < 4.78 is 14.1. The maximum absolute atomic E-state index is 12.9. The van der Waals surface area contributed by atoms with Crippen molar-refractivity contribution in [3.05, 3.63) is 57.5 Å². The van der Waals surface area contributed by atoms with E-state index in [1.807, 2.05) is 0 Å². The van der Waals surface area contributed by atoms with Crippen molar-refractivity contribution in [2.45, 2.75) is 19.6 Å². The predicted molar refractivity (Wildman–Crippen MR) is 90.6 cm³/mol. The van der Waals surface area contributed by atoms with Crippen molar-refractivity contribution >= 4 is 11.9 Å². The van der Waals surface area contributed by atoms with Crippen LogP contribution in [0.1, 0.15) is 21.9 Å². The van der Waals surface area contributed by atoms with Crippen LogP contribution in [0.4, 0.5) is 4.39 Å². The molecule has 2 heterocycles. The molecular weight excluding hydrogens is 359 g/mol. The molecule has 1 aromatic heterocycles. The number of amides is 1. The average molecular weight is 376 g/mol. The summed E-state index contributed by atoms with van der Waals surface area (Å²) in [5, 5.41) is 21.5. The molecule has 0 bridgehead atoms. The van der Waals surface area contributed by atoms with Crippen molar-refractivity contribution in [2.24, 2.45) is 0 Å². The molecule has 0 unspecified atom stereocenters. The van der Waals surface area contributed by atoms with Gasteiger partial charge in [-0.05, 0) is 17.7 Å². The largest absolute Gasteiger partial charge is 0.501 e. The van der Waals surface area contributed by atoms with Crippen LogP contribution in [0.3, 0.4) is 0 Å². The van der Waals surface area contributed by atoms with Gasteiger partial charge < -0.3 is 15.5 Å². The number of hydrogen-bond donors (Lipinski definition) is 3. The highest BCUT2D eigenvalue weighted by atomic mass is 19.1. The van der Waals surface area contributed by atoms with Crippen LogP contribution in [-0.2, 0) is 24.4 Å². The summed E-state index contributed by atoms with van der Waals surface area (Å²) in [5.74, 6) is -2.73. The number of fused-ring (bicyclic) bond motifs is 1. The van der Waals surface area contributed by atoms with Crippen molar-refractivity contribution in [2.75, 3.05) is 13.1 Å². The number of nitrogens with zero attached hydrogens (tertiary/aromatic N) is 3. The molecule has 1 aliphatic heterocycles. The van der Waals surface area contributed by atoms with E-state index in [0.29, 0.717) is 12.1 Å². The summed E-state index contributed by atoms with van der Waals surface area (Å²) >= 11 is 0. The Kier molecular flexibility index (Phi) is 5.17. The highest BCUT2D eigenvalue weighted by Crippen LogP contribution is 2.15. The van der Waals surface area contributed by atoms with Crippen LogP contribution >= 0.6 is 0 Å². The maximum atomic E-state index is 12.9. The van der Waals surface area contributed by atoms with Crippen molar-refractivity contribution in [3.8, 4) is 5.75 Å². The number of hydrogen-bond acceptors (Lipinski definition) is 6. The smallest absolute Gasteiger partial charge is 0.317 e. The Morgan fingerprint density at radius 1 is 1.22 bits per heavy atom. The number of carboxylic acids is 1. The third-order valence-electron chi connectivity index (χ3n) is 4.17. The summed E-state index contributed by atoms with van der Waals surface area (Å²) in [6, 6.07) is 5.49. The first-order valence-corrected chi connectivity index (χ1v) is 8.14. The van der Waals surface area contributed by atoms with Gasteiger partial charge in [0.2, 0.25) is 5.75 Å². The Hall–Kier alpha value is -3.27. The lowest BCUT2D eigenvalue weighted by molar-refractivity contribution is -0.138. The van der Waals surface area contributed by atoms with Gasteiger partial charge in [-0.2, -0.15) is 0 Å². The highest BCUT2D eigenvalue weighted by molar-refractivity contribution is 5.94. The van der Waals surface area contributed by atoms with E-state index in [0.717, 1.165) is 0 Å². The fourth-order valence-electron chi connectivity index (χ4n) is 2.81. The lowest BCUT2D eigenvalue weighted by Gasteiger charge is -2.27. The van der Waals surface area contributed by atoms with Gasteiger partial charge in [0.25, 0.3) is 11.5 Å². The number of nitrogens with one attached hydrogen (secondary N) is 1. The molecule has 0 saturated heterocycles. The minimum atomic E-state index is -1.01. The van der Waals surface area contributed by atoms with Gasteiger partial charge in [-0.25, -0.2) is 9.37 Å². The normalized spacial score (nSPS) is 13.8. The van der Waals surface area contributed by atoms with E-state index in [1.54, 1.807) is 4.90 Å². The Bertz CT molecular complexity index is 942. The molecule has 0 atom stereocenters. The first-order chi connectivity index (χ1) is 12.8. The van der Waals surface area contributed by atoms with Gasteiger partial charge in [-0.1, -0.05) is 12.1 Å². The quantitative estimate of drug-likeness (QED) is 0.666. The highest BCUT2D eigenvalue weighted by Gasteiger charge is 2.26. The Morgan fingerprint density at radius 2 is 1.93 bits per heavy atom. The predicted octanol–water partition coefficient (Wildman–Crippen LogP) is -0.0818. The molecule has 9 nitrogen and oxygen atoms in total. The fraction of sp³-hybridized carbons (Fsp3) is 0.294.